The van der Waals surface area contributed by atoms with Gasteiger partial charge in [0.25, 0.3) is 11.8 Å². The number of carbonyl (C=O) groups is 8. The maximum Gasteiger partial charge on any atom is 2.00 e. The van der Waals surface area contributed by atoms with Gasteiger partial charge in [0, 0.05) is 25.7 Å². The second-order valence-electron chi connectivity index (χ2n) is 4.43. The number of aliphatic carboxylic acids is 2. The number of hydrogen-bond donors (Lipinski definition) is 0. The second kappa shape index (κ2) is 9.34. The summed E-state index contributed by atoms with van der Waals surface area (Å²) >= 11 is 0. The van der Waals surface area contributed by atoms with Crippen LogP contribution in [0.3, 0.4) is 0 Å². The third-order valence-corrected chi connectivity index (χ3v) is 2.86. The van der Waals surface area contributed by atoms with Gasteiger partial charge in [0.15, 0.2) is 0 Å². The van der Waals surface area contributed by atoms with Crippen molar-refractivity contribution in [3.63, 3.8) is 0 Å². The van der Waals surface area contributed by atoms with Crippen molar-refractivity contribution in [2.75, 3.05) is 0 Å². The smallest absolute Gasteiger partial charge is 0.540 e. The topological polar surface area (TPSA) is 189 Å². The summed E-state index contributed by atoms with van der Waals surface area (Å²) in [6.45, 7) is 0. The van der Waals surface area contributed by atoms with Crippen LogP contribution in [0.5, 0.6) is 0 Å². The minimum atomic E-state index is -2.04. The van der Waals surface area contributed by atoms with Crippen LogP contribution in [-0.4, -0.2) is 94.9 Å². The van der Waals surface area contributed by atoms with Gasteiger partial charge < -0.3 is 19.8 Å². The summed E-state index contributed by atoms with van der Waals surface area (Å²) in [5, 5.41) is 19.9. The molecule has 0 saturated carbocycles. The zero-order valence-corrected chi connectivity index (χ0v) is 14.7. The Morgan fingerprint density at radius 2 is 0.800 bits per heavy atom. The maximum absolute atomic E-state index is 10.7. The van der Waals surface area contributed by atoms with Crippen molar-refractivity contribution in [3.8, 4) is 0 Å². The minimum Gasteiger partial charge on any atom is -0.540 e. The molecule has 0 atom stereocenters. The van der Waals surface area contributed by atoms with Crippen LogP contribution in [-0.2, 0) is 38.4 Å². The number of nitrogens with zero attached hydrogens (tertiary/aromatic N) is 2. The Morgan fingerprint density at radius 3 is 0.960 bits per heavy atom. The summed E-state index contributed by atoms with van der Waals surface area (Å²) in [7, 11) is 0. The molecule has 0 aromatic rings. The molecule has 128 valence electrons. The molecule has 0 unspecified atom stereocenters. The summed E-state index contributed by atoms with van der Waals surface area (Å²) in [6.07, 6.45) is -0.453. The van der Waals surface area contributed by atoms with Crippen molar-refractivity contribution in [1.82, 2.24) is 9.80 Å². The molecule has 6 amide bonds. The first-order valence-electron chi connectivity index (χ1n) is 6.30. The van der Waals surface area contributed by atoms with E-state index >= 15 is 0 Å². The molecule has 2 saturated heterocycles. The molecule has 0 radical (unpaired) electrons. The Morgan fingerprint density at radius 1 is 0.600 bits per heavy atom. The average molecular weight is 380 g/mol. The largest absolute Gasteiger partial charge is 2.00 e. The molecule has 0 aromatic carbocycles. The normalized spacial score (nSPS) is 16.2. The van der Waals surface area contributed by atoms with Crippen LogP contribution in [0.15, 0.2) is 0 Å². The third-order valence-electron chi connectivity index (χ3n) is 2.86. The molecule has 13 heteroatoms. The van der Waals surface area contributed by atoms with Crippen molar-refractivity contribution in [3.05, 3.63) is 0 Å². The van der Waals surface area contributed by atoms with Crippen LogP contribution >= 0.6 is 0 Å². The number of rotatable bonds is 0. The molecule has 0 N–H and O–H groups in total. The first-order chi connectivity index (χ1) is 11.1. The first-order valence-corrected chi connectivity index (χ1v) is 6.30. The number of likely N-dealkylation sites (tertiary alicyclic amines) is 2. The Labute approximate surface area is 168 Å². The van der Waals surface area contributed by atoms with Crippen molar-refractivity contribution in [2.45, 2.75) is 25.7 Å². The molecule has 2 aliphatic rings. The molecule has 2 fully saturated rings. The van der Waals surface area contributed by atoms with Gasteiger partial charge in [-0.2, -0.15) is 0 Å². The van der Waals surface area contributed by atoms with Crippen molar-refractivity contribution >= 4 is 85.1 Å². The van der Waals surface area contributed by atoms with E-state index in [1.165, 1.54) is 0 Å². The van der Waals surface area contributed by atoms with Gasteiger partial charge in [0.1, 0.15) is 11.9 Å². The van der Waals surface area contributed by atoms with Crippen molar-refractivity contribution in [1.29, 1.82) is 0 Å². The van der Waals surface area contributed by atoms with Crippen molar-refractivity contribution in [2.24, 2.45) is 0 Å². The number of hydrogen-bond acceptors (Lipinski definition) is 10. The molecule has 25 heavy (non-hydrogen) atoms. The van der Waals surface area contributed by atoms with E-state index in [0.29, 0.717) is 0 Å². The third kappa shape index (κ3) is 5.41. The predicted molar refractivity (Wildman–Crippen MR) is 68.0 cm³/mol. The van der Waals surface area contributed by atoms with Crippen LogP contribution in [0, 0.1) is 0 Å². The Kier molecular flexibility index (Phi) is 8.53. The molecule has 12 nitrogen and oxygen atoms in total. The maximum atomic E-state index is 10.7. The number of carboxylic acids is 2. The van der Waals surface area contributed by atoms with Gasteiger partial charge in [-0.25, -0.2) is 9.80 Å². The molecule has 0 aliphatic carbocycles. The number of carboxylic acid groups (broad SMARTS) is 2. The zero-order valence-electron chi connectivity index (χ0n) is 12.5. The summed E-state index contributed by atoms with van der Waals surface area (Å²) in [5.74, 6) is -10.4. The quantitative estimate of drug-likeness (QED) is 0.222. The van der Waals surface area contributed by atoms with E-state index in [-0.39, 0.29) is 73.2 Å². The van der Waals surface area contributed by atoms with E-state index in [1.807, 2.05) is 0 Å². The molecule has 0 spiro atoms. The Balaban J connectivity index is 0.000000443. The molecule has 2 rings (SSSR count). The predicted octanol–water partition coefficient (Wildman–Crippen LogP) is -5.56. The molecular weight excluding hydrogens is 372 g/mol. The fourth-order valence-corrected chi connectivity index (χ4v) is 1.79. The minimum absolute atomic E-state index is 0. The zero-order chi connectivity index (χ0) is 18.6. The number of carbonyl (C=O) groups excluding carboxylic acids is 8. The fraction of sp³-hybridized carbons (Fsp3) is 0.333. The standard InChI is InChI=1S/2C6H5NO5.Ca/c2*8-3-1-2-4(9)7(3)5(10)6(11)12;/h2*1-2H2,(H,11,12);/q;;+2/p-2. The molecule has 2 heterocycles. The van der Waals surface area contributed by atoms with Gasteiger partial charge in [-0.15, -0.1) is 0 Å². The molecule has 2 aliphatic heterocycles. The molecular formula is C12H8CaN2O10. The fourth-order valence-electron chi connectivity index (χ4n) is 1.79. The van der Waals surface area contributed by atoms with Crippen LogP contribution in [0.2, 0.25) is 0 Å². The summed E-state index contributed by atoms with van der Waals surface area (Å²) in [5.41, 5.74) is 0. The van der Waals surface area contributed by atoms with Crippen LogP contribution in [0.25, 0.3) is 0 Å². The van der Waals surface area contributed by atoms with E-state index in [9.17, 15) is 48.6 Å². The van der Waals surface area contributed by atoms with Crippen LogP contribution < -0.4 is 10.2 Å². The van der Waals surface area contributed by atoms with Crippen molar-refractivity contribution < 1.29 is 48.6 Å². The monoisotopic (exact) mass is 380 g/mol. The number of amides is 6. The van der Waals surface area contributed by atoms with E-state index in [2.05, 4.69) is 0 Å². The first kappa shape index (κ1) is 22.8. The van der Waals surface area contributed by atoms with E-state index in [0.717, 1.165) is 0 Å². The van der Waals surface area contributed by atoms with Gasteiger partial charge >= 0.3 is 37.7 Å². The van der Waals surface area contributed by atoms with E-state index in [4.69, 9.17) is 0 Å². The summed E-state index contributed by atoms with van der Waals surface area (Å²) in [6, 6.07) is 0. The van der Waals surface area contributed by atoms with Gasteiger partial charge in [-0.1, -0.05) is 0 Å². The SMILES string of the molecule is O=C([O-])C(=O)N1C(=O)CCC1=O.O=C([O-])C(=O)N1C(=O)CCC1=O.[Ca+2]. The van der Waals surface area contributed by atoms with E-state index < -0.39 is 47.4 Å². The number of imide groups is 6. The average Bonchev–Trinajstić information content (AvgIpc) is 3.00. The van der Waals surface area contributed by atoms with Gasteiger partial charge in [0.2, 0.25) is 23.6 Å². The van der Waals surface area contributed by atoms with Gasteiger partial charge in [0.05, 0.1) is 0 Å². The van der Waals surface area contributed by atoms with Gasteiger partial charge in [-0.05, 0) is 0 Å². The van der Waals surface area contributed by atoms with Gasteiger partial charge in [-0.3, -0.25) is 28.8 Å². The molecule has 0 aromatic heterocycles. The summed E-state index contributed by atoms with van der Waals surface area (Å²) in [4.78, 5) is 84.2. The Hall–Kier alpha value is -2.18. The van der Waals surface area contributed by atoms with Crippen LogP contribution in [0.1, 0.15) is 25.7 Å². The summed E-state index contributed by atoms with van der Waals surface area (Å²) < 4.78 is 0. The van der Waals surface area contributed by atoms with E-state index in [1.54, 1.807) is 0 Å². The molecule has 0 bridgehead atoms. The van der Waals surface area contributed by atoms with Crippen LogP contribution in [0.4, 0.5) is 0 Å². The Bertz CT molecular complexity index is 595. The second-order valence-corrected chi connectivity index (χ2v) is 4.43.